The molecule has 67 heavy (non-hydrogen) atoms. The predicted molar refractivity (Wildman–Crippen MR) is 286 cm³/mol. The van der Waals surface area contributed by atoms with Crippen molar-refractivity contribution in [2.75, 3.05) is 17.3 Å². The van der Waals surface area contributed by atoms with Gasteiger partial charge in [0, 0.05) is 57.4 Å². The van der Waals surface area contributed by atoms with Crippen molar-refractivity contribution in [1.82, 2.24) is 12.9 Å². The lowest BCUT2D eigenvalue weighted by molar-refractivity contribution is 0.140. The fourth-order valence-electron chi connectivity index (χ4n) is 15.3. The maximum absolute atomic E-state index is 13.2. The van der Waals surface area contributed by atoms with Crippen molar-refractivity contribution in [1.29, 1.82) is 10.5 Å². The van der Waals surface area contributed by atoms with Gasteiger partial charge in [0.1, 0.15) is 9.49 Å². The Morgan fingerprint density at radius 3 is 1.03 bits per heavy atom. The third-order valence-electron chi connectivity index (χ3n) is 18.8. The number of nitrogens with zero attached hydrogens (tertiary/aromatic N) is 5. The topological polar surface area (TPSA) is 160 Å². The summed E-state index contributed by atoms with van der Waals surface area (Å²) < 4.78 is 82.1. The minimum absolute atomic E-state index is 0.0107. The number of thiocarbonyl (C=S) groups is 1. The van der Waals surface area contributed by atoms with Gasteiger partial charge < -0.3 is 0 Å². The summed E-state index contributed by atoms with van der Waals surface area (Å²) in [6.45, 7) is 36.0. The van der Waals surface area contributed by atoms with E-state index in [2.05, 4.69) is 53.7 Å². The van der Waals surface area contributed by atoms with E-state index in [9.17, 15) is 35.8 Å². The molecule has 6 rings (SSSR count). The SMILES string of the molecule is CC(C)N(C(C)C)S(=O)(=O)CC12CCC(CC1(S)C#N)C2(C)C.CC(C)N(C(C)C)S(=O)(=O)CC12CCC(CC1(S)C#N)C2(C)C.CC(C)N(C(C)C)S(=O)(=O)CC12CCC(CC1=S)C2(C)C. The molecule has 0 aromatic heterocycles. The molecule has 6 fully saturated rings. The minimum atomic E-state index is -3.47. The summed E-state index contributed by atoms with van der Waals surface area (Å²) in [5.74, 6) is 1.56. The molecule has 8 unspecified atom stereocenters. The number of nitriles is 2. The van der Waals surface area contributed by atoms with E-state index < -0.39 is 50.4 Å². The highest BCUT2D eigenvalue weighted by Crippen LogP contribution is 2.73. The molecule has 17 heteroatoms. The first-order valence-electron chi connectivity index (χ1n) is 25.0. The number of hydrogen-bond donors (Lipinski definition) is 2. The molecule has 0 radical (unpaired) electrons. The van der Waals surface area contributed by atoms with Gasteiger partial charge in [-0.2, -0.15) is 48.7 Å². The molecule has 0 aromatic rings. The summed E-state index contributed by atoms with van der Waals surface area (Å²) in [5, 5.41) is 19.5. The second kappa shape index (κ2) is 19.4. The highest BCUT2D eigenvalue weighted by Gasteiger charge is 2.73. The van der Waals surface area contributed by atoms with Crippen LogP contribution in [0.25, 0.3) is 0 Å². The zero-order valence-corrected chi connectivity index (χ0v) is 49.4. The van der Waals surface area contributed by atoms with Gasteiger partial charge in [-0.3, -0.25) is 0 Å². The summed E-state index contributed by atoms with van der Waals surface area (Å²) >= 11 is 15.1. The van der Waals surface area contributed by atoms with Crippen LogP contribution in [0.3, 0.4) is 0 Å². The molecule has 6 saturated carbocycles. The van der Waals surface area contributed by atoms with E-state index in [-0.39, 0.29) is 75.2 Å². The van der Waals surface area contributed by atoms with E-state index >= 15 is 0 Å². The van der Waals surface area contributed by atoms with Crippen molar-refractivity contribution in [3.63, 3.8) is 0 Å². The van der Waals surface area contributed by atoms with Gasteiger partial charge in [-0.25, -0.2) is 25.3 Å². The summed E-state index contributed by atoms with van der Waals surface area (Å²) in [4.78, 5) is 1.000. The van der Waals surface area contributed by atoms with Crippen LogP contribution in [0.5, 0.6) is 0 Å². The van der Waals surface area contributed by atoms with Gasteiger partial charge in [-0.05, 0) is 175 Å². The first kappa shape index (κ1) is 59.1. The molecule has 6 bridgehead atoms. The molecule has 6 aliphatic carbocycles. The van der Waals surface area contributed by atoms with Gasteiger partial charge in [0.25, 0.3) is 0 Å². The summed E-state index contributed by atoms with van der Waals surface area (Å²) in [6.07, 6.45) is 7.90. The Bertz CT molecular complexity index is 2150. The smallest absolute Gasteiger partial charge is 0.212 e. The minimum Gasteiger partial charge on any atom is -0.212 e. The first-order valence-corrected chi connectivity index (χ1v) is 31.1. The average molecular weight is 1050 g/mol. The van der Waals surface area contributed by atoms with Crippen LogP contribution in [-0.4, -0.2) is 106 Å². The first-order chi connectivity index (χ1) is 30.1. The van der Waals surface area contributed by atoms with Crippen molar-refractivity contribution >= 4 is 72.4 Å². The Hall–Kier alpha value is -0.500. The quantitative estimate of drug-likeness (QED) is 0.120. The summed E-state index contributed by atoms with van der Waals surface area (Å²) in [6, 6.07) is 4.36. The van der Waals surface area contributed by atoms with E-state index in [1.54, 1.807) is 12.9 Å². The van der Waals surface area contributed by atoms with Crippen molar-refractivity contribution < 1.29 is 25.3 Å². The Kier molecular flexibility index (Phi) is 17.1. The molecule has 0 N–H and O–H groups in total. The fraction of sp³-hybridized carbons (Fsp3) is 0.940. The van der Waals surface area contributed by atoms with Crippen molar-refractivity contribution in [3.8, 4) is 12.1 Å². The molecule has 6 aliphatic rings. The van der Waals surface area contributed by atoms with Gasteiger partial charge in [-0.1, -0.05) is 53.8 Å². The largest absolute Gasteiger partial charge is 0.215 e. The Balaban J connectivity index is 0.000000220. The fourth-order valence-corrected chi connectivity index (χ4v) is 26.1. The number of fused-ring (bicyclic) bond motifs is 6. The average Bonchev–Trinajstić information content (AvgIpc) is 3.78. The summed E-state index contributed by atoms with van der Waals surface area (Å²) in [7, 11) is -10.2. The number of thiol groups is 2. The number of rotatable bonds is 15. The second-order valence-corrected chi connectivity index (χ2v) is 32.6. The van der Waals surface area contributed by atoms with Crippen molar-refractivity contribution in [2.45, 2.75) is 228 Å². The molecular formula is C50H89N5O6S6. The molecular weight excluding hydrogens is 959 g/mol. The molecule has 386 valence electrons. The highest BCUT2D eigenvalue weighted by molar-refractivity contribution is 7.90. The third-order valence-corrected chi connectivity index (χ3v) is 27.8. The van der Waals surface area contributed by atoms with Crippen LogP contribution in [0, 0.1) is 72.9 Å². The standard InChI is InChI=1S/2C17H30N2O2S2.C16H29NO2S2/c2*1-12(2)19(13(3)4)23(20,21)11-16-8-7-14(15(16,5)6)9-17(16,22)10-18;1-11(2)17(12(3)4)21(18,19)10-16-8-7-13(9-14(16)20)15(16,5)6/h2*12-14,22H,7-9,11H2,1-6H3;11-13H,7-10H2,1-6H3. The normalized spacial score (nSPS) is 34.8. The predicted octanol–water partition coefficient (Wildman–Crippen LogP) is 10.5. The van der Waals surface area contributed by atoms with Crippen molar-refractivity contribution in [2.24, 2.45) is 50.2 Å². The Labute approximate surface area is 426 Å². The maximum Gasteiger partial charge on any atom is 0.215 e. The number of sulfonamides is 3. The van der Waals surface area contributed by atoms with Crippen LogP contribution >= 0.6 is 37.5 Å². The molecule has 11 nitrogen and oxygen atoms in total. The van der Waals surface area contributed by atoms with Crippen LogP contribution in [-0.2, 0) is 30.1 Å². The van der Waals surface area contributed by atoms with E-state index in [4.69, 9.17) is 37.5 Å². The second-order valence-electron chi connectivity index (χ2n) is 24.9. The van der Waals surface area contributed by atoms with Gasteiger partial charge >= 0.3 is 0 Å². The Morgan fingerprint density at radius 1 is 0.522 bits per heavy atom. The maximum atomic E-state index is 13.2. The number of hydrogen-bond acceptors (Lipinski definition) is 11. The molecule has 8 atom stereocenters. The van der Waals surface area contributed by atoms with Crippen LogP contribution in [0.1, 0.15) is 182 Å². The third kappa shape index (κ3) is 9.53. The van der Waals surface area contributed by atoms with E-state index in [0.29, 0.717) is 30.6 Å². The van der Waals surface area contributed by atoms with Crippen LogP contribution in [0.15, 0.2) is 0 Å². The van der Waals surface area contributed by atoms with E-state index in [0.717, 1.165) is 49.8 Å². The van der Waals surface area contributed by atoms with E-state index in [1.807, 2.05) is 83.1 Å². The Morgan fingerprint density at radius 2 is 0.806 bits per heavy atom. The highest BCUT2D eigenvalue weighted by atomic mass is 32.2. The monoisotopic (exact) mass is 1050 g/mol. The molecule has 0 aromatic carbocycles. The lowest BCUT2D eigenvalue weighted by Gasteiger charge is -2.46. The van der Waals surface area contributed by atoms with Gasteiger partial charge in [-0.15, -0.1) is 0 Å². The zero-order chi connectivity index (χ0) is 51.9. The van der Waals surface area contributed by atoms with Crippen LogP contribution in [0.4, 0.5) is 0 Å². The van der Waals surface area contributed by atoms with Gasteiger partial charge in [0.2, 0.25) is 30.1 Å². The molecule has 0 amide bonds. The van der Waals surface area contributed by atoms with E-state index in [1.165, 1.54) is 0 Å². The molecule has 0 spiro atoms. The molecule has 0 heterocycles. The lowest BCUT2D eigenvalue weighted by Crippen LogP contribution is -2.54. The van der Waals surface area contributed by atoms with Crippen molar-refractivity contribution in [3.05, 3.63) is 0 Å². The summed E-state index contributed by atoms with van der Waals surface area (Å²) in [5.41, 5.74) is -1.81. The molecule has 0 aliphatic heterocycles. The lowest BCUT2D eigenvalue weighted by atomic mass is 9.66. The van der Waals surface area contributed by atoms with Gasteiger partial charge in [0.15, 0.2) is 0 Å². The van der Waals surface area contributed by atoms with Gasteiger partial charge in [0.05, 0.1) is 29.4 Å². The van der Waals surface area contributed by atoms with Crippen LogP contribution < -0.4 is 0 Å². The zero-order valence-electron chi connectivity index (χ0n) is 44.4. The van der Waals surface area contributed by atoms with Crippen LogP contribution in [0.2, 0.25) is 0 Å². The molecule has 0 saturated heterocycles.